The van der Waals surface area contributed by atoms with E-state index in [1.807, 2.05) is 13.8 Å². The lowest BCUT2D eigenvalue weighted by Crippen LogP contribution is -2.29. The molecule has 1 N–H and O–H groups in total. The van der Waals surface area contributed by atoms with Gasteiger partial charge in [-0.3, -0.25) is 4.79 Å². The van der Waals surface area contributed by atoms with Gasteiger partial charge in [0.25, 0.3) is 5.91 Å². The Kier molecular flexibility index (Phi) is 6.41. The van der Waals surface area contributed by atoms with E-state index in [-0.39, 0.29) is 11.5 Å². The van der Waals surface area contributed by atoms with Crippen LogP contribution >= 0.6 is 0 Å². The van der Waals surface area contributed by atoms with E-state index >= 15 is 0 Å². The predicted molar refractivity (Wildman–Crippen MR) is 80.6 cm³/mol. The highest BCUT2D eigenvalue weighted by Gasteiger charge is 2.49. The van der Waals surface area contributed by atoms with Crippen molar-refractivity contribution in [2.45, 2.75) is 19.4 Å². The van der Waals surface area contributed by atoms with Crippen molar-refractivity contribution in [1.29, 1.82) is 0 Å². The van der Waals surface area contributed by atoms with Crippen molar-refractivity contribution in [3.05, 3.63) is 29.3 Å². The minimum atomic E-state index is -5.98. The number of halogens is 3. The van der Waals surface area contributed by atoms with Gasteiger partial charge < -0.3 is 14.2 Å². The van der Waals surface area contributed by atoms with Gasteiger partial charge in [0, 0.05) is 12.1 Å². The van der Waals surface area contributed by atoms with E-state index < -0.39 is 38.8 Å². The Balaban J connectivity index is 3.24. The summed E-state index contributed by atoms with van der Waals surface area (Å²) in [6.45, 7) is 4.02. The predicted octanol–water partition coefficient (Wildman–Crippen LogP) is 2.09. The molecule has 11 heteroatoms. The van der Waals surface area contributed by atoms with Gasteiger partial charge in [0.1, 0.15) is 5.56 Å². The summed E-state index contributed by atoms with van der Waals surface area (Å²) in [5, 5.41) is 2.54. The molecule has 7 nitrogen and oxygen atoms in total. The minimum Gasteiger partial charge on any atom is -0.465 e. The zero-order valence-electron chi connectivity index (χ0n) is 13.5. The van der Waals surface area contributed by atoms with Gasteiger partial charge in [-0.05, 0) is 24.1 Å². The van der Waals surface area contributed by atoms with Crippen molar-refractivity contribution >= 4 is 22.0 Å². The second kappa shape index (κ2) is 7.72. The molecule has 0 saturated heterocycles. The molecule has 0 saturated carbocycles. The molecular formula is C14H16F3NO6S. The molecular weight excluding hydrogens is 367 g/mol. The van der Waals surface area contributed by atoms with Gasteiger partial charge >= 0.3 is 21.6 Å². The molecule has 1 aromatic carbocycles. The van der Waals surface area contributed by atoms with Crippen molar-refractivity contribution in [3.63, 3.8) is 0 Å². The maximum Gasteiger partial charge on any atom is 0.534 e. The number of alkyl halides is 3. The number of hydrogen-bond donors (Lipinski definition) is 1. The number of rotatable bonds is 6. The Hall–Kier alpha value is -2.30. The molecule has 0 heterocycles. The first-order chi connectivity index (χ1) is 11.4. The Morgan fingerprint density at radius 1 is 1.24 bits per heavy atom. The fourth-order valence-electron chi connectivity index (χ4n) is 1.58. The number of nitrogens with one attached hydrogen (secondary N) is 1. The van der Waals surface area contributed by atoms with E-state index in [0.29, 0.717) is 6.54 Å². The van der Waals surface area contributed by atoms with Gasteiger partial charge in [-0.15, -0.1) is 0 Å². The van der Waals surface area contributed by atoms with Crippen molar-refractivity contribution in [2.24, 2.45) is 5.92 Å². The van der Waals surface area contributed by atoms with Crippen LogP contribution in [0.3, 0.4) is 0 Å². The van der Waals surface area contributed by atoms with Crippen molar-refractivity contribution in [1.82, 2.24) is 5.32 Å². The first-order valence-corrected chi connectivity index (χ1v) is 8.31. The molecule has 0 fully saturated rings. The second-order valence-corrected chi connectivity index (χ2v) is 6.83. The maximum absolute atomic E-state index is 12.4. The number of methoxy groups -OCH3 is 1. The highest BCUT2D eigenvalue weighted by atomic mass is 32.2. The number of carbonyl (C=O) groups excluding carboxylic acids is 2. The molecule has 0 radical (unpaired) electrons. The lowest BCUT2D eigenvalue weighted by molar-refractivity contribution is -0.0500. The molecule has 1 amide bonds. The summed E-state index contributed by atoms with van der Waals surface area (Å²) >= 11 is 0. The van der Waals surface area contributed by atoms with Crippen LogP contribution in [0.5, 0.6) is 5.75 Å². The average Bonchev–Trinajstić information content (AvgIpc) is 2.50. The van der Waals surface area contributed by atoms with Gasteiger partial charge in [0.15, 0.2) is 5.75 Å². The van der Waals surface area contributed by atoms with Crippen molar-refractivity contribution in [2.75, 3.05) is 13.7 Å². The number of hydrogen-bond acceptors (Lipinski definition) is 6. The first kappa shape index (κ1) is 20.7. The highest BCUT2D eigenvalue weighted by Crippen LogP contribution is 2.30. The smallest absolute Gasteiger partial charge is 0.465 e. The number of amides is 1. The monoisotopic (exact) mass is 383 g/mol. The normalized spacial score (nSPS) is 12.0. The Morgan fingerprint density at radius 2 is 1.84 bits per heavy atom. The first-order valence-electron chi connectivity index (χ1n) is 6.90. The van der Waals surface area contributed by atoms with Gasteiger partial charge in [-0.25, -0.2) is 4.79 Å². The van der Waals surface area contributed by atoms with E-state index in [2.05, 4.69) is 14.2 Å². The molecule has 0 unspecified atom stereocenters. The molecule has 0 spiro atoms. The molecule has 0 aliphatic rings. The van der Waals surface area contributed by atoms with Crippen LogP contribution in [0, 0.1) is 5.92 Å². The Bertz CT molecular complexity index is 758. The minimum absolute atomic E-state index is 0.0715. The molecule has 0 aliphatic carbocycles. The third kappa shape index (κ3) is 5.34. The second-order valence-electron chi connectivity index (χ2n) is 5.29. The largest absolute Gasteiger partial charge is 0.534 e. The van der Waals surface area contributed by atoms with Gasteiger partial charge in [0.2, 0.25) is 0 Å². The molecule has 1 aromatic rings. The number of benzene rings is 1. The topological polar surface area (TPSA) is 98.8 Å². The van der Waals surface area contributed by atoms with Gasteiger partial charge in [-0.1, -0.05) is 13.8 Å². The van der Waals surface area contributed by atoms with E-state index in [9.17, 15) is 31.2 Å². The number of ether oxygens (including phenoxy) is 1. The van der Waals surface area contributed by atoms with Crippen LogP contribution in [0.2, 0.25) is 0 Å². The lowest BCUT2D eigenvalue weighted by Gasteiger charge is -2.13. The van der Waals surface area contributed by atoms with Crippen LogP contribution in [0.25, 0.3) is 0 Å². The summed E-state index contributed by atoms with van der Waals surface area (Å²) in [6.07, 6.45) is 0. The van der Waals surface area contributed by atoms with Crippen LogP contribution in [-0.2, 0) is 14.9 Å². The summed E-state index contributed by atoms with van der Waals surface area (Å²) in [7, 11) is -5.04. The molecule has 0 bridgehead atoms. The molecule has 0 aliphatic heterocycles. The summed E-state index contributed by atoms with van der Waals surface area (Å²) in [6, 6.07) is 2.70. The van der Waals surface area contributed by atoms with E-state index in [0.717, 1.165) is 25.3 Å². The lowest BCUT2D eigenvalue weighted by atomic mass is 10.1. The molecule has 0 aromatic heterocycles. The van der Waals surface area contributed by atoms with Crippen LogP contribution in [0.4, 0.5) is 13.2 Å². The summed E-state index contributed by atoms with van der Waals surface area (Å²) in [4.78, 5) is 23.7. The van der Waals surface area contributed by atoms with Crippen LogP contribution in [-0.4, -0.2) is 39.5 Å². The SMILES string of the molecule is COC(=O)c1cc(C(=O)NCC(C)C)ccc1OS(=O)(=O)C(F)(F)F. The summed E-state index contributed by atoms with van der Waals surface area (Å²) < 4.78 is 67.8. The third-order valence-corrected chi connectivity index (χ3v) is 3.77. The van der Waals surface area contributed by atoms with Gasteiger partial charge in [0.05, 0.1) is 7.11 Å². The molecule has 0 atom stereocenters. The van der Waals surface area contributed by atoms with Crippen LogP contribution in [0.1, 0.15) is 34.6 Å². The van der Waals surface area contributed by atoms with Gasteiger partial charge in [-0.2, -0.15) is 21.6 Å². The fourth-order valence-corrected chi connectivity index (χ4v) is 2.05. The zero-order chi connectivity index (χ0) is 19.4. The highest BCUT2D eigenvalue weighted by molar-refractivity contribution is 7.88. The standard InChI is InChI=1S/C14H16F3NO6S/c1-8(2)7-18-12(19)9-4-5-11(10(6-9)13(20)23-3)24-25(21,22)14(15,16)17/h4-6,8H,7H2,1-3H3,(H,18,19). The average molecular weight is 383 g/mol. The molecule has 25 heavy (non-hydrogen) atoms. The Morgan fingerprint density at radius 3 is 2.32 bits per heavy atom. The summed E-state index contributed by atoms with van der Waals surface area (Å²) in [5.74, 6) is -2.51. The van der Waals surface area contributed by atoms with E-state index in [1.165, 1.54) is 0 Å². The maximum atomic E-state index is 12.4. The number of carbonyl (C=O) groups is 2. The number of esters is 1. The summed E-state index contributed by atoms with van der Waals surface area (Å²) in [5.41, 5.74) is -6.38. The zero-order valence-corrected chi connectivity index (χ0v) is 14.3. The quantitative estimate of drug-likeness (QED) is 0.459. The van der Waals surface area contributed by atoms with E-state index in [4.69, 9.17) is 0 Å². The molecule has 1 rings (SSSR count). The van der Waals surface area contributed by atoms with Crippen molar-refractivity contribution < 1.29 is 40.1 Å². The van der Waals surface area contributed by atoms with Crippen LogP contribution < -0.4 is 9.50 Å². The van der Waals surface area contributed by atoms with Crippen LogP contribution in [0.15, 0.2) is 18.2 Å². The Labute approximate surface area is 142 Å². The fraction of sp³-hybridized carbons (Fsp3) is 0.429. The third-order valence-electron chi connectivity index (χ3n) is 2.80. The van der Waals surface area contributed by atoms with E-state index in [1.54, 1.807) is 0 Å². The molecule has 140 valence electrons. The van der Waals surface area contributed by atoms with Crippen molar-refractivity contribution in [3.8, 4) is 5.75 Å².